The second-order valence-electron chi connectivity index (χ2n) is 2.63. The van der Waals surface area contributed by atoms with Crippen LogP contribution in [0.3, 0.4) is 0 Å². The van der Waals surface area contributed by atoms with Gasteiger partial charge in [0.15, 0.2) is 5.78 Å². The maximum Gasteiger partial charge on any atom is 0.185 e. The molecule has 0 saturated heterocycles. The van der Waals surface area contributed by atoms with Gasteiger partial charge in [-0.25, -0.2) is 0 Å². The Hall–Kier alpha value is -1.08. The lowest BCUT2D eigenvalue weighted by molar-refractivity contribution is 0.104. The monoisotopic (exact) mass is 180 g/mol. The van der Waals surface area contributed by atoms with Crippen LogP contribution in [-0.4, -0.2) is 5.78 Å². The average Bonchev–Trinajstić information content (AvgIpc) is 2.06. The molecule has 12 heavy (non-hydrogen) atoms. The smallest absolute Gasteiger partial charge is 0.185 e. The van der Waals surface area contributed by atoms with Crippen molar-refractivity contribution < 1.29 is 4.79 Å². The zero-order valence-corrected chi connectivity index (χ0v) is 7.30. The Morgan fingerprint density at radius 1 is 1.17 bits per heavy atom. The van der Waals surface area contributed by atoms with Crippen LogP contribution in [0.2, 0.25) is 0 Å². The molecule has 0 saturated carbocycles. The van der Waals surface area contributed by atoms with Crippen LogP contribution in [0.5, 0.6) is 0 Å². The van der Waals surface area contributed by atoms with Crippen molar-refractivity contribution in [3.05, 3.63) is 47.5 Å². The molecule has 2 rings (SSSR count). The highest BCUT2D eigenvalue weighted by atomic mass is 35.5. The molecule has 0 N–H and O–H groups in total. The molecule has 0 radical (unpaired) electrons. The van der Waals surface area contributed by atoms with Gasteiger partial charge >= 0.3 is 0 Å². The molecule has 0 bridgehead atoms. The summed E-state index contributed by atoms with van der Waals surface area (Å²) in [6, 6.07) is 7.74. The van der Waals surface area contributed by atoms with Crippen molar-refractivity contribution in [2.45, 2.75) is 6.42 Å². The predicted octanol–water partition coefficient (Wildman–Crippen LogP) is 2.40. The van der Waals surface area contributed by atoms with Crippen molar-refractivity contribution in [3.63, 3.8) is 0 Å². The lowest BCUT2D eigenvalue weighted by Crippen LogP contribution is -2.04. The van der Waals surface area contributed by atoms with E-state index in [9.17, 15) is 4.79 Å². The summed E-state index contributed by atoms with van der Waals surface area (Å²) in [5, 5.41) is 0. The number of fused-ring (bicyclic) bond motifs is 1. The Bertz CT molecular complexity index is 328. The van der Waals surface area contributed by atoms with E-state index < -0.39 is 0 Å². The zero-order chi connectivity index (χ0) is 7.68. The number of hydrogen-bond acceptors (Lipinski definition) is 1. The summed E-state index contributed by atoms with van der Waals surface area (Å²) in [7, 11) is 0. The lowest BCUT2D eigenvalue weighted by Gasteiger charge is -2.07. The number of carbonyl (C=O) groups is 1. The Labute approximate surface area is 77.5 Å². The molecular formula is C10H9ClO. The molecule has 0 heterocycles. The molecule has 0 unspecified atom stereocenters. The summed E-state index contributed by atoms with van der Waals surface area (Å²) in [5.41, 5.74) is 2.00. The van der Waals surface area contributed by atoms with Gasteiger partial charge in [0.05, 0.1) is 0 Å². The highest BCUT2D eigenvalue weighted by molar-refractivity contribution is 6.06. The second kappa shape index (κ2) is 3.55. The van der Waals surface area contributed by atoms with E-state index in [1.54, 1.807) is 6.08 Å². The zero-order valence-electron chi connectivity index (χ0n) is 6.49. The lowest BCUT2D eigenvalue weighted by atomic mass is 9.96. The third-order valence-electron chi connectivity index (χ3n) is 1.89. The van der Waals surface area contributed by atoms with Crippen molar-refractivity contribution in [1.29, 1.82) is 0 Å². The maximum absolute atomic E-state index is 11.2. The third-order valence-corrected chi connectivity index (χ3v) is 1.89. The summed E-state index contributed by atoms with van der Waals surface area (Å²) in [4.78, 5) is 11.2. The van der Waals surface area contributed by atoms with Crippen molar-refractivity contribution in [1.82, 2.24) is 0 Å². The first-order chi connectivity index (χ1) is 5.38. The van der Waals surface area contributed by atoms with Gasteiger partial charge in [-0.15, -0.1) is 12.4 Å². The fourth-order valence-electron chi connectivity index (χ4n) is 1.32. The molecule has 0 atom stereocenters. The van der Waals surface area contributed by atoms with Crippen LogP contribution in [0.4, 0.5) is 0 Å². The molecule has 0 spiro atoms. The van der Waals surface area contributed by atoms with Gasteiger partial charge in [0.1, 0.15) is 0 Å². The Balaban J connectivity index is 0.000000720. The average molecular weight is 181 g/mol. The minimum Gasteiger partial charge on any atom is -0.289 e. The van der Waals surface area contributed by atoms with Crippen molar-refractivity contribution in [2.24, 2.45) is 0 Å². The number of ketones is 1. The molecule has 2 heteroatoms. The number of allylic oxidation sites excluding steroid dienone is 2. The molecular weight excluding hydrogens is 172 g/mol. The predicted molar refractivity (Wildman–Crippen MR) is 50.9 cm³/mol. The van der Waals surface area contributed by atoms with Crippen molar-refractivity contribution >= 4 is 18.2 Å². The van der Waals surface area contributed by atoms with Gasteiger partial charge in [-0.2, -0.15) is 0 Å². The summed E-state index contributed by atoms with van der Waals surface area (Å²) in [6.07, 6.45) is 4.44. The summed E-state index contributed by atoms with van der Waals surface area (Å²) in [5.74, 6) is 0.131. The Kier molecular flexibility index (Phi) is 2.66. The molecule has 1 aromatic carbocycles. The summed E-state index contributed by atoms with van der Waals surface area (Å²) in [6.45, 7) is 0. The number of carbonyl (C=O) groups excluding carboxylic acids is 1. The topological polar surface area (TPSA) is 17.1 Å². The Morgan fingerprint density at radius 3 is 2.67 bits per heavy atom. The van der Waals surface area contributed by atoms with Crippen LogP contribution in [0.25, 0.3) is 0 Å². The number of hydrogen-bond donors (Lipinski definition) is 0. The van der Waals surface area contributed by atoms with Crippen LogP contribution >= 0.6 is 12.4 Å². The molecule has 1 aromatic rings. The van der Waals surface area contributed by atoms with Crippen LogP contribution in [-0.2, 0) is 6.42 Å². The van der Waals surface area contributed by atoms with E-state index in [0.29, 0.717) is 0 Å². The van der Waals surface area contributed by atoms with Gasteiger partial charge in [-0.3, -0.25) is 4.79 Å². The Morgan fingerprint density at radius 2 is 1.92 bits per heavy atom. The summed E-state index contributed by atoms with van der Waals surface area (Å²) >= 11 is 0. The first kappa shape index (κ1) is 9.01. The molecule has 1 aliphatic rings. The minimum absolute atomic E-state index is 0. The quantitative estimate of drug-likeness (QED) is 0.599. The van der Waals surface area contributed by atoms with Crippen LogP contribution < -0.4 is 0 Å². The fraction of sp³-hybridized carbons (Fsp3) is 0.100. The van der Waals surface area contributed by atoms with Crippen LogP contribution in [0, 0.1) is 0 Å². The van der Waals surface area contributed by atoms with E-state index in [0.717, 1.165) is 17.5 Å². The fourth-order valence-corrected chi connectivity index (χ4v) is 1.32. The van der Waals surface area contributed by atoms with Crippen molar-refractivity contribution in [2.75, 3.05) is 0 Å². The summed E-state index contributed by atoms with van der Waals surface area (Å²) < 4.78 is 0. The third kappa shape index (κ3) is 1.41. The number of halogens is 1. The highest BCUT2D eigenvalue weighted by Crippen LogP contribution is 2.15. The standard InChI is InChI=1S/C10H8O.ClH/c11-10-7-3-5-8-4-1-2-6-9(8)10;/h1-4,6-7H,5H2;1H. The van der Waals surface area contributed by atoms with Gasteiger partial charge in [0.2, 0.25) is 0 Å². The molecule has 0 aromatic heterocycles. The maximum atomic E-state index is 11.2. The van der Waals surface area contributed by atoms with Gasteiger partial charge in [-0.1, -0.05) is 30.3 Å². The SMILES string of the molecule is Cl.O=C1C=CCc2ccccc21. The van der Waals surface area contributed by atoms with E-state index in [-0.39, 0.29) is 18.2 Å². The van der Waals surface area contributed by atoms with E-state index in [4.69, 9.17) is 0 Å². The molecule has 0 fully saturated rings. The van der Waals surface area contributed by atoms with Gasteiger partial charge in [-0.05, 0) is 18.1 Å². The normalized spacial score (nSPS) is 13.5. The minimum atomic E-state index is 0. The van der Waals surface area contributed by atoms with Crippen LogP contribution in [0.15, 0.2) is 36.4 Å². The van der Waals surface area contributed by atoms with Gasteiger partial charge < -0.3 is 0 Å². The molecule has 1 nitrogen and oxygen atoms in total. The van der Waals surface area contributed by atoms with Crippen molar-refractivity contribution in [3.8, 4) is 0 Å². The first-order valence-electron chi connectivity index (χ1n) is 3.67. The van der Waals surface area contributed by atoms with E-state index in [1.807, 2.05) is 30.3 Å². The number of benzene rings is 1. The molecule has 0 aliphatic heterocycles. The number of rotatable bonds is 0. The highest BCUT2D eigenvalue weighted by Gasteiger charge is 2.09. The molecule has 1 aliphatic carbocycles. The van der Waals surface area contributed by atoms with E-state index >= 15 is 0 Å². The second-order valence-corrected chi connectivity index (χ2v) is 2.63. The van der Waals surface area contributed by atoms with E-state index in [1.165, 1.54) is 0 Å². The molecule has 62 valence electrons. The van der Waals surface area contributed by atoms with Gasteiger partial charge in [0, 0.05) is 5.56 Å². The molecule has 0 amide bonds. The first-order valence-corrected chi connectivity index (χ1v) is 3.67. The van der Waals surface area contributed by atoms with E-state index in [2.05, 4.69) is 0 Å². The van der Waals surface area contributed by atoms with Gasteiger partial charge in [0.25, 0.3) is 0 Å². The largest absolute Gasteiger partial charge is 0.289 e. The van der Waals surface area contributed by atoms with Crippen LogP contribution in [0.1, 0.15) is 15.9 Å².